The largest absolute Gasteiger partial charge is 0.488 e. The van der Waals surface area contributed by atoms with Crippen molar-refractivity contribution in [2.75, 3.05) is 0 Å². The van der Waals surface area contributed by atoms with Crippen LogP contribution in [0, 0.1) is 0 Å². The molecule has 0 bridgehead atoms. The van der Waals surface area contributed by atoms with Crippen molar-refractivity contribution in [3.8, 4) is 5.69 Å². The van der Waals surface area contributed by atoms with E-state index in [1.165, 1.54) is 10.8 Å². The quantitative estimate of drug-likeness (QED) is 0.441. The van der Waals surface area contributed by atoms with Crippen molar-refractivity contribution in [2.45, 2.75) is 0 Å². The molecule has 6 rings (SSSR count). The third-order valence-electron chi connectivity index (χ3n) is 5.61. The van der Waals surface area contributed by atoms with E-state index in [0.717, 1.165) is 38.7 Å². The molecule has 0 amide bonds. The third-order valence-corrected chi connectivity index (χ3v) is 5.61. The molecule has 4 nitrogen and oxygen atoms in total. The van der Waals surface area contributed by atoms with Crippen LogP contribution in [0.25, 0.3) is 49.4 Å². The summed E-state index contributed by atoms with van der Waals surface area (Å²) in [5, 5.41) is 23.4. The first kappa shape index (κ1) is 16.4. The van der Waals surface area contributed by atoms with E-state index in [9.17, 15) is 10.0 Å². The number of furan rings is 1. The molecule has 4 aromatic carbocycles. The number of para-hydroxylation sites is 2. The van der Waals surface area contributed by atoms with Gasteiger partial charge in [-0.15, -0.1) is 0 Å². The number of fused-ring (bicyclic) bond motifs is 6. The Morgan fingerprint density at radius 3 is 1.86 bits per heavy atom. The average Bonchev–Trinajstić information content (AvgIpc) is 3.28. The minimum Gasteiger partial charge on any atom is -0.456 e. The number of hydrogen-bond donors (Lipinski definition) is 2. The van der Waals surface area contributed by atoms with Crippen LogP contribution in [-0.2, 0) is 0 Å². The number of aromatic nitrogens is 1. The van der Waals surface area contributed by atoms with E-state index in [4.69, 9.17) is 4.42 Å². The molecule has 0 aliphatic heterocycles. The van der Waals surface area contributed by atoms with Gasteiger partial charge in [0.05, 0.1) is 11.0 Å². The van der Waals surface area contributed by atoms with Crippen LogP contribution < -0.4 is 5.46 Å². The molecule has 2 aromatic heterocycles. The molecule has 5 heteroatoms. The zero-order valence-corrected chi connectivity index (χ0v) is 15.4. The second-order valence-electron chi connectivity index (χ2n) is 7.28. The highest BCUT2D eigenvalue weighted by Gasteiger charge is 2.16. The lowest BCUT2D eigenvalue weighted by Crippen LogP contribution is -2.29. The van der Waals surface area contributed by atoms with Gasteiger partial charge in [0.15, 0.2) is 0 Å². The molecular weight excluding hydrogens is 361 g/mol. The summed E-state index contributed by atoms with van der Waals surface area (Å²) in [4.78, 5) is 0. The van der Waals surface area contributed by atoms with E-state index in [1.54, 1.807) is 18.2 Å². The molecule has 29 heavy (non-hydrogen) atoms. The van der Waals surface area contributed by atoms with E-state index < -0.39 is 7.12 Å². The maximum Gasteiger partial charge on any atom is 0.488 e. The standard InChI is InChI=1S/C24H16BNO3/c27-25(28)15-9-11-23-19(13-15)20-14-16(10-12-24(20)29-23)26-21-7-3-1-5-17(21)18-6-2-4-8-22(18)26/h1-14,27-28H. The summed E-state index contributed by atoms with van der Waals surface area (Å²) < 4.78 is 8.22. The maximum atomic E-state index is 9.56. The molecule has 0 fully saturated rings. The van der Waals surface area contributed by atoms with E-state index >= 15 is 0 Å². The number of benzene rings is 4. The van der Waals surface area contributed by atoms with Crippen molar-refractivity contribution >= 4 is 56.3 Å². The Hall–Kier alpha value is -3.54. The van der Waals surface area contributed by atoms with E-state index in [-0.39, 0.29) is 0 Å². The summed E-state index contributed by atoms with van der Waals surface area (Å²) >= 11 is 0. The first-order chi connectivity index (χ1) is 14.2. The molecule has 0 saturated heterocycles. The molecule has 0 aliphatic rings. The van der Waals surface area contributed by atoms with Crippen LogP contribution in [-0.4, -0.2) is 21.7 Å². The van der Waals surface area contributed by atoms with Crippen LogP contribution >= 0.6 is 0 Å². The van der Waals surface area contributed by atoms with Gasteiger partial charge in [-0.1, -0.05) is 48.5 Å². The molecule has 6 aromatic rings. The van der Waals surface area contributed by atoms with E-state index in [0.29, 0.717) is 5.46 Å². The van der Waals surface area contributed by atoms with Crippen molar-refractivity contribution in [3.63, 3.8) is 0 Å². The molecular formula is C24H16BNO3. The van der Waals surface area contributed by atoms with Gasteiger partial charge in [-0.25, -0.2) is 0 Å². The first-order valence-corrected chi connectivity index (χ1v) is 9.51. The monoisotopic (exact) mass is 377 g/mol. The molecule has 2 N–H and O–H groups in total. The fourth-order valence-corrected chi connectivity index (χ4v) is 4.28. The van der Waals surface area contributed by atoms with Gasteiger partial charge < -0.3 is 19.0 Å². The van der Waals surface area contributed by atoms with Crippen LogP contribution in [0.3, 0.4) is 0 Å². The summed E-state index contributed by atoms with van der Waals surface area (Å²) in [6.07, 6.45) is 0. The highest BCUT2D eigenvalue weighted by molar-refractivity contribution is 6.59. The van der Waals surface area contributed by atoms with Gasteiger partial charge in [0.2, 0.25) is 0 Å². The van der Waals surface area contributed by atoms with Gasteiger partial charge >= 0.3 is 7.12 Å². The summed E-state index contributed by atoms with van der Waals surface area (Å²) in [6.45, 7) is 0. The van der Waals surface area contributed by atoms with Gasteiger partial charge in [-0.05, 0) is 41.9 Å². The van der Waals surface area contributed by atoms with Gasteiger partial charge in [-0.2, -0.15) is 0 Å². The topological polar surface area (TPSA) is 58.5 Å². The molecule has 0 aliphatic carbocycles. The second kappa shape index (κ2) is 5.98. The van der Waals surface area contributed by atoms with E-state index in [2.05, 4.69) is 65.2 Å². The maximum absolute atomic E-state index is 9.56. The molecule has 0 spiro atoms. The number of hydrogen-bond acceptors (Lipinski definition) is 3. The molecule has 0 radical (unpaired) electrons. The molecule has 138 valence electrons. The molecule has 0 atom stereocenters. The lowest BCUT2D eigenvalue weighted by atomic mass is 9.80. The third kappa shape index (κ3) is 2.35. The Morgan fingerprint density at radius 2 is 1.21 bits per heavy atom. The zero-order valence-electron chi connectivity index (χ0n) is 15.4. The van der Waals surface area contributed by atoms with Crippen LogP contribution in [0.1, 0.15) is 0 Å². The van der Waals surface area contributed by atoms with Crippen LogP contribution in [0.5, 0.6) is 0 Å². The Morgan fingerprint density at radius 1 is 0.621 bits per heavy atom. The van der Waals surface area contributed by atoms with Crippen molar-refractivity contribution in [1.82, 2.24) is 4.57 Å². The lowest BCUT2D eigenvalue weighted by molar-refractivity contribution is 0.426. The Labute approximate surface area is 166 Å². The Bertz CT molecular complexity index is 1490. The van der Waals surface area contributed by atoms with Gasteiger partial charge in [0.25, 0.3) is 0 Å². The van der Waals surface area contributed by atoms with E-state index in [1.807, 2.05) is 6.07 Å². The molecule has 2 heterocycles. The highest BCUT2D eigenvalue weighted by Crippen LogP contribution is 2.35. The highest BCUT2D eigenvalue weighted by atomic mass is 16.4. The molecule has 0 unspecified atom stereocenters. The first-order valence-electron chi connectivity index (χ1n) is 9.51. The van der Waals surface area contributed by atoms with Gasteiger partial charge in [-0.3, -0.25) is 0 Å². The fourth-order valence-electron chi connectivity index (χ4n) is 4.28. The summed E-state index contributed by atoms with van der Waals surface area (Å²) in [5.74, 6) is 0. The summed E-state index contributed by atoms with van der Waals surface area (Å²) in [6, 6.07) is 28.2. The minimum atomic E-state index is -1.51. The van der Waals surface area contributed by atoms with Crippen molar-refractivity contribution < 1.29 is 14.5 Å². The second-order valence-corrected chi connectivity index (χ2v) is 7.28. The van der Waals surface area contributed by atoms with Crippen molar-refractivity contribution in [1.29, 1.82) is 0 Å². The predicted octanol–water partition coefficient (Wildman–Crippen LogP) is 4.36. The van der Waals surface area contributed by atoms with Gasteiger partial charge in [0.1, 0.15) is 11.2 Å². The molecule has 0 saturated carbocycles. The number of rotatable bonds is 2. The van der Waals surface area contributed by atoms with Crippen LogP contribution in [0.15, 0.2) is 89.3 Å². The fraction of sp³-hybridized carbons (Fsp3) is 0. The SMILES string of the molecule is OB(O)c1ccc2oc3ccc(-n4c5ccccc5c5ccccc54)cc3c2c1. The Balaban J connectivity index is 1.69. The minimum absolute atomic E-state index is 0.447. The summed E-state index contributed by atoms with van der Waals surface area (Å²) in [5.41, 5.74) is 5.27. The Kier molecular flexibility index (Phi) is 3.39. The lowest BCUT2D eigenvalue weighted by Gasteiger charge is -2.08. The van der Waals surface area contributed by atoms with Crippen LogP contribution in [0.4, 0.5) is 0 Å². The van der Waals surface area contributed by atoms with Gasteiger partial charge in [0, 0.05) is 27.2 Å². The average molecular weight is 377 g/mol. The zero-order chi connectivity index (χ0) is 19.5. The van der Waals surface area contributed by atoms with Crippen molar-refractivity contribution in [2.24, 2.45) is 0 Å². The normalized spacial score (nSPS) is 11.8. The number of nitrogens with zero attached hydrogens (tertiary/aromatic N) is 1. The summed E-state index contributed by atoms with van der Waals surface area (Å²) in [7, 11) is -1.51. The van der Waals surface area contributed by atoms with Crippen LogP contribution in [0.2, 0.25) is 0 Å². The van der Waals surface area contributed by atoms with Crippen molar-refractivity contribution in [3.05, 3.63) is 84.9 Å². The smallest absolute Gasteiger partial charge is 0.456 e. The predicted molar refractivity (Wildman–Crippen MR) is 118 cm³/mol.